The molecule has 3 N–H and O–H groups in total. The molecule has 1 aromatic carbocycles. The fourth-order valence-electron chi connectivity index (χ4n) is 2.96. The van der Waals surface area contributed by atoms with E-state index in [1.807, 2.05) is 24.3 Å². The third-order valence-electron chi connectivity index (χ3n) is 4.01. The minimum absolute atomic E-state index is 0.158. The van der Waals surface area contributed by atoms with E-state index in [0.717, 1.165) is 38.0 Å². The molecule has 1 fully saturated rings. The summed E-state index contributed by atoms with van der Waals surface area (Å²) in [6.45, 7) is 4.36. The summed E-state index contributed by atoms with van der Waals surface area (Å²) in [6.07, 6.45) is 5.81. The van der Waals surface area contributed by atoms with Gasteiger partial charge in [-0.3, -0.25) is 9.69 Å². The van der Waals surface area contributed by atoms with Crippen LogP contribution in [0.15, 0.2) is 24.3 Å². The normalized spacial score (nSPS) is 15.5. The van der Waals surface area contributed by atoms with Gasteiger partial charge in [-0.05, 0) is 43.5 Å². The maximum Gasteiger partial charge on any atom is 0.234 e. The minimum atomic E-state index is 0.158. The molecule has 0 atom stereocenters. The van der Waals surface area contributed by atoms with Crippen molar-refractivity contribution in [3.05, 3.63) is 29.8 Å². The van der Waals surface area contributed by atoms with Crippen molar-refractivity contribution >= 4 is 11.6 Å². The van der Waals surface area contributed by atoms with Crippen molar-refractivity contribution < 1.29 is 4.79 Å². The van der Waals surface area contributed by atoms with Gasteiger partial charge in [0.05, 0.1) is 6.54 Å². The van der Waals surface area contributed by atoms with Crippen molar-refractivity contribution in [1.29, 1.82) is 0 Å². The van der Waals surface area contributed by atoms with E-state index >= 15 is 0 Å². The van der Waals surface area contributed by atoms with Gasteiger partial charge >= 0.3 is 0 Å². The number of rotatable bonds is 7. The number of nitrogens with one attached hydrogen (secondary N) is 1. The molecule has 1 aliphatic carbocycles. The van der Waals surface area contributed by atoms with Crippen molar-refractivity contribution in [3.63, 3.8) is 0 Å². The summed E-state index contributed by atoms with van der Waals surface area (Å²) < 4.78 is 0. The summed E-state index contributed by atoms with van der Waals surface area (Å²) in [5.41, 5.74) is 7.69. The van der Waals surface area contributed by atoms with Crippen LogP contribution >= 0.6 is 0 Å². The molecule has 4 heteroatoms. The van der Waals surface area contributed by atoms with Gasteiger partial charge in [-0.2, -0.15) is 0 Å². The maximum atomic E-state index is 12.2. The molecule has 0 unspecified atom stereocenters. The Balaban J connectivity index is 1.85. The van der Waals surface area contributed by atoms with E-state index in [9.17, 15) is 4.79 Å². The topological polar surface area (TPSA) is 58.4 Å². The summed E-state index contributed by atoms with van der Waals surface area (Å²) in [5.74, 6) is 0.158. The van der Waals surface area contributed by atoms with Crippen molar-refractivity contribution in [1.82, 2.24) is 10.2 Å². The summed E-state index contributed by atoms with van der Waals surface area (Å²) >= 11 is 0. The Morgan fingerprint density at radius 1 is 1.29 bits per heavy atom. The van der Waals surface area contributed by atoms with Crippen LogP contribution in [0.25, 0.3) is 0 Å². The first-order valence-corrected chi connectivity index (χ1v) is 8.03. The van der Waals surface area contributed by atoms with Crippen LogP contribution in [0.4, 0.5) is 5.69 Å². The molecule has 1 aliphatic rings. The number of anilines is 1. The molecule has 0 radical (unpaired) electrons. The average molecular weight is 289 g/mol. The van der Waals surface area contributed by atoms with Crippen molar-refractivity contribution in [2.24, 2.45) is 0 Å². The van der Waals surface area contributed by atoms with Gasteiger partial charge in [0.15, 0.2) is 0 Å². The van der Waals surface area contributed by atoms with E-state index in [1.165, 1.54) is 18.4 Å². The Morgan fingerprint density at radius 3 is 2.57 bits per heavy atom. The van der Waals surface area contributed by atoms with Crippen LogP contribution < -0.4 is 11.1 Å². The third-order valence-corrected chi connectivity index (χ3v) is 4.01. The molecule has 0 heterocycles. The molecular weight excluding hydrogens is 262 g/mol. The third kappa shape index (κ3) is 5.38. The molecule has 1 aromatic rings. The Morgan fingerprint density at radius 2 is 1.95 bits per heavy atom. The van der Waals surface area contributed by atoms with Crippen molar-refractivity contribution in [2.75, 3.05) is 18.8 Å². The lowest BCUT2D eigenvalue weighted by Gasteiger charge is -2.22. The maximum absolute atomic E-state index is 12.2. The Hall–Kier alpha value is -1.55. The highest BCUT2D eigenvalue weighted by molar-refractivity contribution is 5.78. The first-order valence-electron chi connectivity index (χ1n) is 8.03. The van der Waals surface area contributed by atoms with Crippen LogP contribution in [0.3, 0.4) is 0 Å². The van der Waals surface area contributed by atoms with Crippen LogP contribution in [-0.4, -0.2) is 29.9 Å². The van der Waals surface area contributed by atoms with Gasteiger partial charge in [0, 0.05) is 18.3 Å². The zero-order valence-electron chi connectivity index (χ0n) is 13.0. The number of benzene rings is 1. The molecule has 0 saturated heterocycles. The van der Waals surface area contributed by atoms with Crippen LogP contribution in [0.2, 0.25) is 0 Å². The molecule has 2 rings (SSSR count). The van der Waals surface area contributed by atoms with Crippen LogP contribution in [0.1, 0.15) is 44.6 Å². The zero-order valence-corrected chi connectivity index (χ0v) is 13.0. The monoisotopic (exact) mass is 289 g/mol. The number of carbonyl (C=O) groups is 1. The molecule has 116 valence electrons. The molecule has 0 aliphatic heterocycles. The largest absolute Gasteiger partial charge is 0.399 e. The summed E-state index contributed by atoms with van der Waals surface area (Å²) in [6, 6.07) is 8.30. The van der Waals surface area contributed by atoms with E-state index in [2.05, 4.69) is 17.1 Å². The molecule has 0 aromatic heterocycles. The van der Waals surface area contributed by atoms with E-state index in [1.54, 1.807) is 0 Å². The Labute approximate surface area is 127 Å². The highest BCUT2D eigenvalue weighted by Gasteiger charge is 2.18. The predicted molar refractivity (Wildman–Crippen MR) is 86.8 cm³/mol. The number of nitrogens with zero attached hydrogens (tertiary/aromatic N) is 1. The quantitative estimate of drug-likeness (QED) is 0.758. The van der Waals surface area contributed by atoms with Crippen molar-refractivity contribution in [2.45, 2.75) is 51.6 Å². The van der Waals surface area contributed by atoms with Crippen LogP contribution in [0, 0.1) is 0 Å². The van der Waals surface area contributed by atoms with E-state index in [-0.39, 0.29) is 5.91 Å². The minimum Gasteiger partial charge on any atom is -0.399 e. The Kier molecular flexibility index (Phi) is 6.05. The molecule has 1 amide bonds. The SMILES string of the molecule is CCCN(CC(=O)NC1CCCC1)Cc1ccc(N)cc1. The molecule has 21 heavy (non-hydrogen) atoms. The van der Waals surface area contributed by atoms with Gasteiger partial charge in [-0.25, -0.2) is 0 Å². The summed E-state index contributed by atoms with van der Waals surface area (Å²) in [5, 5.41) is 3.16. The fraction of sp³-hybridized carbons (Fsp3) is 0.588. The second-order valence-corrected chi connectivity index (χ2v) is 6.00. The summed E-state index contributed by atoms with van der Waals surface area (Å²) in [4.78, 5) is 14.4. The molecule has 1 saturated carbocycles. The zero-order chi connectivity index (χ0) is 15.1. The number of nitrogen functional groups attached to an aromatic ring is 1. The van der Waals surface area contributed by atoms with Gasteiger partial charge in [-0.15, -0.1) is 0 Å². The first-order chi connectivity index (χ1) is 10.2. The fourth-order valence-corrected chi connectivity index (χ4v) is 2.96. The molecular formula is C17H27N3O. The number of amides is 1. The highest BCUT2D eigenvalue weighted by atomic mass is 16.2. The number of hydrogen-bond donors (Lipinski definition) is 2. The van der Waals surface area contributed by atoms with E-state index in [4.69, 9.17) is 5.73 Å². The lowest BCUT2D eigenvalue weighted by atomic mass is 10.2. The Bertz CT molecular complexity index is 438. The summed E-state index contributed by atoms with van der Waals surface area (Å²) in [7, 11) is 0. The second kappa shape index (κ2) is 8.03. The average Bonchev–Trinajstić information content (AvgIpc) is 2.94. The van der Waals surface area contributed by atoms with Crippen LogP contribution in [-0.2, 0) is 11.3 Å². The lowest BCUT2D eigenvalue weighted by Crippen LogP contribution is -2.41. The van der Waals surface area contributed by atoms with Crippen LogP contribution in [0.5, 0.6) is 0 Å². The predicted octanol–water partition coefficient (Wildman–Crippen LogP) is 2.54. The first kappa shape index (κ1) is 15.8. The highest BCUT2D eigenvalue weighted by Crippen LogP contribution is 2.17. The standard InChI is InChI=1S/C17H27N3O/c1-2-11-20(12-14-7-9-15(18)10-8-14)13-17(21)19-16-5-3-4-6-16/h7-10,16H,2-6,11-13,18H2,1H3,(H,19,21). The van der Waals surface area contributed by atoms with E-state index in [0.29, 0.717) is 12.6 Å². The number of carbonyl (C=O) groups excluding carboxylic acids is 1. The smallest absolute Gasteiger partial charge is 0.234 e. The van der Waals surface area contributed by atoms with Gasteiger partial charge in [0.25, 0.3) is 0 Å². The van der Waals surface area contributed by atoms with E-state index < -0.39 is 0 Å². The number of nitrogens with two attached hydrogens (primary N) is 1. The molecule has 0 bridgehead atoms. The molecule has 0 spiro atoms. The molecule has 4 nitrogen and oxygen atoms in total. The van der Waals surface area contributed by atoms with Gasteiger partial charge in [0.1, 0.15) is 0 Å². The second-order valence-electron chi connectivity index (χ2n) is 6.00. The van der Waals surface area contributed by atoms with Gasteiger partial charge in [0.2, 0.25) is 5.91 Å². The van der Waals surface area contributed by atoms with Crippen molar-refractivity contribution in [3.8, 4) is 0 Å². The van der Waals surface area contributed by atoms with Gasteiger partial charge < -0.3 is 11.1 Å². The lowest BCUT2D eigenvalue weighted by molar-refractivity contribution is -0.123. The number of hydrogen-bond acceptors (Lipinski definition) is 3. The van der Waals surface area contributed by atoms with Gasteiger partial charge in [-0.1, -0.05) is 31.9 Å².